The summed E-state index contributed by atoms with van der Waals surface area (Å²) in [6.07, 6.45) is 2.50. The Morgan fingerprint density at radius 3 is 2.89 bits per heavy atom. The van der Waals surface area contributed by atoms with E-state index in [0.29, 0.717) is 18.8 Å². The fraction of sp³-hybridized carbons (Fsp3) is 0.600. The third-order valence-electron chi connectivity index (χ3n) is 2.37. The summed E-state index contributed by atoms with van der Waals surface area (Å²) in [5, 5.41) is 25.3. The van der Waals surface area contributed by atoms with E-state index in [1.807, 2.05) is 6.92 Å². The third-order valence-corrected chi connectivity index (χ3v) is 2.37. The van der Waals surface area contributed by atoms with Gasteiger partial charge < -0.3 is 15.7 Å². The van der Waals surface area contributed by atoms with Gasteiger partial charge in [0.1, 0.15) is 6.20 Å². The highest BCUT2D eigenvalue weighted by molar-refractivity contribution is 5.57. The van der Waals surface area contributed by atoms with E-state index >= 15 is 0 Å². The molecule has 3 N–H and O–H groups in total. The topological polar surface area (TPSA) is 113 Å². The molecule has 0 aliphatic heterocycles. The predicted octanol–water partition coefficient (Wildman–Crippen LogP) is 0.999. The first kappa shape index (κ1) is 14.1. The van der Waals surface area contributed by atoms with Crippen molar-refractivity contribution in [3.8, 4) is 0 Å². The van der Waals surface area contributed by atoms with Crippen LogP contribution in [-0.2, 0) is 0 Å². The molecule has 0 saturated heterocycles. The number of nitro groups is 1. The van der Waals surface area contributed by atoms with Gasteiger partial charge in [-0.15, -0.1) is 0 Å². The Bertz CT molecular complexity index is 412. The van der Waals surface area contributed by atoms with Crippen molar-refractivity contribution in [2.24, 2.45) is 0 Å². The maximum Gasteiger partial charge on any atom is 0.329 e. The van der Waals surface area contributed by atoms with Gasteiger partial charge in [0.05, 0.1) is 4.92 Å². The summed E-state index contributed by atoms with van der Waals surface area (Å²) in [5.41, 5.74) is -0.162. The van der Waals surface area contributed by atoms with Crippen molar-refractivity contribution in [2.45, 2.75) is 25.8 Å². The molecule has 1 unspecified atom stereocenters. The van der Waals surface area contributed by atoms with Gasteiger partial charge in [0, 0.05) is 19.7 Å². The molecule has 0 aliphatic carbocycles. The monoisotopic (exact) mass is 255 g/mol. The van der Waals surface area contributed by atoms with Gasteiger partial charge in [-0.1, -0.05) is 0 Å². The van der Waals surface area contributed by atoms with Crippen molar-refractivity contribution in [2.75, 3.05) is 24.3 Å². The fourth-order valence-corrected chi connectivity index (χ4v) is 1.44. The number of rotatable bonds is 7. The van der Waals surface area contributed by atoms with Crippen LogP contribution in [0.3, 0.4) is 0 Å². The van der Waals surface area contributed by atoms with E-state index in [9.17, 15) is 10.1 Å². The fourth-order valence-electron chi connectivity index (χ4n) is 1.44. The molecular formula is C10H17N5O3. The lowest BCUT2D eigenvalue weighted by molar-refractivity contribution is -0.384. The Morgan fingerprint density at radius 1 is 1.61 bits per heavy atom. The minimum absolute atomic E-state index is 0.0181. The van der Waals surface area contributed by atoms with E-state index in [-0.39, 0.29) is 24.2 Å². The van der Waals surface area contributed by atoms with Crippen LogP contribution in [0.4, 0.5) is 17.5 Å². The number of aromatic nitrogens is 2. The van der Waals surface area contributed by atoms with Crippen LogP contribution in [0.15, 0.2) is 6.20 Å². The van der Waals surface area contributed by atoms with E-state index in [4.69, 9.17) is 5.11 Å². The number of aliphatic hydroxyl groups excluding tert-OH is 1. The Kier molecular flexibility index (Phi) is 5.25. The molecule has 0 aromatic carbocycles. The van der Waals surface area contributed by atoms with Crippen LogP contribution in [0.25, 0.3) is 0 Å². The largest absolute Gasteiger partial charge is 0.396 e. The van der Waals surface area contributed by atoms with E-state index in [2.05, 4.69) is 20.6 Å². The molecule has 0 radical (unpaired) electrons. The SMILES string of the molecule is CNc1ncc([N+](=O)[O-])c(NC(C)CCCO)n1. The first-order valence-corrected chi connectivity index (χ1v) is 5.65. The maximum atomic E-state index is 10.8. The molecule has 1 heterocycles. The second kappa shape index (κ2) is 6.70. The number of nitrogens with one attached hydrogen (secondary N) is 2. The summed E-state index contributed by atoms with van der Waals surface area (Å²) in [4.78, 5) is 18.1. The molecule has 0 aliphatic rings. The van der Waals surface area contributed by atoms with Crippen LogP contribution < -0.4 is 10.6 Å². The first-order chi connectivity index (χ1) is 8.58. The van der Waals surface area contributed by atoms with E-state index in [1.54, 1.807) is 7.05 Å². The summed E-state index contributed by atoms with van der Waals surface area (Å²) in [6, 6.07) is -0.0181. The molecule has 0 spiro atoms. The molecule has 8 nitrogen and oxygen atoms in total. The van der Waals surface area contributed by atoms with Crippen molar-refractivity contribution in [1.82, 2.24) is 9.97 Å². The van der Waals surface area contributed by atoms with Crippen LogP contribution >= 0.6 is 0 Å². The van der Waals surface area contributed by atoms with Crippen LogP contribution in [0.1, 0.15) is 19.8 Å². The van der Waals surface area contributed by atoms with Crippen molar-refractivity contribution in [3.05, 3.63) is 16.3 Å². The van der Waals surface area contributed by atoms with Gasteiger partial charge in [-0.25, -0.2) is 4.98 Å². The molecule has 0 bridgehead atoms. The Hall–Kier alpha value is -1.96. The lowest BCUT2D eigenvalue weighted by Crippen LogP contribution is -2.18. The number of anilines is 2. The smallest absolute Gasteiger partial charge is 0.329 e. The lowest BCUT2D eigenvalue weighted by atomic mass is 10.2. The number of aliphatic hydroxyl groups is 1. The van der Waals surface area contributed by atoms with Gasteiger partial charge in [0.2, 0.25) is 11.8 Å². The Balaban J connectivity index is 2.86. The summed E-state index contributed by atoms with van der Waals surface area (Å²) in [5.74, 6) is 0.502. The van der Waals surface area contributed by atoms with Crippen molar-refractivity contribution < 1.29 is 10.0 Å². The van der Waals surface area contributed by atoms with Crippen LogP contribution in [0.2, 0.25) is 0 Å². The first-order valence-electron chi connectivity index (χ1n) is 5.65. The molecule has 8 heteroatoms. The van der Waals surface area contributed by atoms with E-state index in [1.165, 1.54) is 6.20 Å². The normalized spacial score (nSPS) is 11.9. The van der Waals surface area contributed by atoms with Crippen molar-refractivity contribution >= 4 is 17.5 Å². The van der Waals surface area contributed by atoms with Crippen molar-refractivity contribution in [3.63, 3.8) is 0 Å². The molecule has 18 heavy (non-hydrogen) atoms. The second-order valence-electron chi connectivity index (χ2n) is 3.85. The molecule has 0 saturated carbocycles. The van der Waals surface area contributed by atoms with Gasteiger partial charge in [0.15, 0.2) is 0 Å². The summed E-state index contributed by atoms with van der Waals surface area (Å²) in [6.45, 7) is 1.97. The quantitative estimate of drug-likeness (QED) is 0.492. The minimum atomic E-state index is -0.527. The standard InChI is InChI=1S/C10H17N5O3/c1-7(4-3-5-16)13-9-8(15(17)18)6-12-10(11-2)14-9/h6-7,16H,3-5H2,1-2H3,(H2,11,12,13,14). The van der Waals surface area contributed by atoms with Crippen LogP contribution in [-0.4, -0.2) is 39.7 Å². The molecule has 1 aromatic heterocycles. The molecular weight excluding hydrogens is 238 g/mol. The zero-order valence-electron chi connectivity index (χ0n) is 10.4. The minimum Gasteiger partial charge on any atom is -0.396 e. The molecule has 1 atom stereocenters. The molecule has 0 amide bonds. The second-order valence-corrected chi connectivity index (χ2v) is 3.85. The summed E-state index contributed by atoms with van der Waals surface area (Å²) in [7, 11) is 1.64. The highest BCUT2D eigenvalue weighted by Crippen LogP contribution is 2.23. The maximum absolute atomic E-state index is 10.8. The van der Waals surface area contributed by atoms with Gasteiger partial charge in [0.25, 0.3) is 0 Å². The third kappa shape index (κ3) is 3.81. The zero-order valence-corrected chi connectivity index (χ0v) is 10.4. The molecule has 100 valence electrons. The van der Waals surface area contributed by atoms with Gasteiger partial charge >= 0.3 is 5.69 Å². The van der Waals surface area contributed by atoms with Gasteiger partial charge in [-0.2, -0.15) is 4.98 Å². The predicted molar refractivity (Wildman–Crippen MR) is 67.6 cm³/mol. The molecule has 1 aromatic rings. The zero-order chi connectivity index (χ0) is 13.5. The van der Waals surface area contributed by atoms with Crippen LogP contribution in [0.5, 0.6) is 0 Å². The number of hydrogen-bond acceptors (Lipinski definition) is 7. The Labute approximate surface area is 105 Å². The average Bonchev–Trinajstić information content (AvgIpc) is 2.35. The molecule has 0 fully saturated rings. The highest BCUT2D eigenvalue weighted by atomic mass is 16.6. The van der Waals surface area contributed by atoms with Gasteiger partial charge in [-0.3, -0.25) is 10.1 Å². The summed E-state index contributed by atoms with van der Waals surface area (Å²) >= 11 is 0. The number of hydrogen-bond donors (Lipinski definition) is 3. The van der Waals surface area contributed by atoms with E-state index < -0.39 is 4.92 Å². The average molecular weight is 255 g/mol. The van der Waals surface area contributed by atoms with Gasteiger partial charge in [-0.05, 0) is 19.8 Å². The highest BCUT2D eigenvalue weighted by Gasteiger charge is 2.18. The molecule has 1 rings (SSSR count). The summed E-state index contributed by atoms with van der Waals surface area (Å²) < 4.78 is 0. The van der Waals surface area contributed by atoms with Crippen molar-refractivity contribution in [1.29, 1.82) is 0 Å². The van der Waals surface area contributed by atoms with Crippen LogP contribution in [0, 0.1) is 10.1 Å². The number of nitrogens with zero attached hydrogens (tertiary/aromatic N) is 3. The van der Waals surface area contributed by atoms with E-state index in [0.717, 1.165) is 0 Å². The Morgan fingerprint density at radius 2 is 2.33 bits per heavy atom. The lowest BCUT2D eigenvalue weighted by Gasteiger charge is -2.14.